The first-order valence-corrected chi connectivity index (χ1v) is 13.3. The average molecular weight is 510 g/mol. The maximum absolute atomic E-state index is 13.4. The number of carbonyl (C=O) groups is 2. The number of carbonyl (C=O) groups excluding carboxylic acids is 2. The normalized spacial score (nSPS) is 12.0. The van der Waals surface area contributed by atoms with Gasteiger partial charge in [-0.3, -0.25) is 13.9 Å². The first-order valence-electron chi connectivity index (χ1n) is 11.1. The van der Waals surface area contributed by atoms with Gasteiger partial charge >= 0.3 is 0 Å². The summed E-state index contributed by atoms with van der Waals surface area (Å²) in [5.41, 5.74) is 1.09. The molecule has 10 heteroatoms. The molecule has 0 saturated carbocycles. The number of rotatable bonds is 12. The van der Waals surface area contributed by atoms with Crippen molar-refractivity contribution >= 4 is 39.1 Å². The van der Waals surface area contributed by atoms with Gasteiger partial charge in [0, 0.05) is 18.1 Å². The topological polar surface area (TPSA) is 96.0 Å². The van der Waals surface area contributed by atoms with E-state index in [0.29, 0.717) is 29.6 Å². The second-order valence-electron chi connectivity index (χ2n) is 7.81. The minimum Gasteiger partial charge on any atom is -0.494 e. The van der Waals surface area contributed by atoms with Gasteiger partial charge in [0.05, 0.1) is 18.6 Å². The Labute approximate surface area is 206 Å². The molecule has 0 aliphatic carbocycles. The zero-order valence-corrected chi connectivity index (χ0v) is 21.5. The van der Waals surface area contributed by atoms with Crippen molar-refractivity contribution in [3.63, 3.8) is 0 Å². The highest BCUT2D eigenvalue weighted by molar-refractivity contribution is 7.92. The van der Waals surface area contributed by atoms with Crippen LogP contribution in [0.2, 0.25) is 5.02 Å². The summed E-state index contributed by atoms with van der Waals surface area (Å²) >= 11 is 5.97. The van der Waals surface area contributed by atoms with Crippen molar-refractivity contribution in [1.29, 1.82) is 0 Å². The van der Waals surface area contributed by atoms with Crippen LogP contribution < -0.4 is 14.4 Å². The molecule has 0 saturated heterocycles. The van der Waals surface area contributed by atoms with E-state index >= 15 is 0 Å². The number of anilines is 1. The number of nitrogens with zero attached hydrogens (tertiary/aromatic N) is 2. The Bertz CT molecular complexity index is 1060. The second kappa shape index (κ2) is 12.6. The van der Waals surface area contributed by atoms with Gasteiger partial charge in [-0.1, -0.05) is 30.7 Å². The molecule has 0 spiro atoms. The van der Waals surface area contributed by atoms with Crippen LogP contribution in [0, 0.1) is 0 Å². The van der Waals surface area contributed by atoms with E-state index < -0.39 is 28.5 Å². The molecule has 0 heterocycles. The monoisotopic (exact) mass is 509 g/mol. The average Bonchev–Trinajstić information content (AvgIpc) is 2.80. The number of hydrogen-bond acceptors (Lipinski definition) is 5. The third-order valence-electron chi connectivity index (χ3n) is 5.10. The van der Waals surface area contributed by atoms with Gasteiger partial charge in [0.25, 0.3) is 0 Å². The Hall–Kier alpha value is -2.78. The maximum atomic E-state index is 13.4. The predicted octanol–water partition coefficient (Wildman–Crippen LogP) is 3.45. The Morgan fingerprint density at radius 2 is 1.68 bits per heavy atom. The second-order valence-corrected chi connectivity index (χ2v) is 10.2. The molecular formula is C24H32ClN3O5S. The van der Waals surface area contributed by atoms with Crippen LogP contribution in [0.3, 0.4) is 0 Å². The van der Waals surface area contributed by atoms with Gasteiger partial charge in [0.1, 0.15) is 18.3 Å². The quantitative estimate of drug-likeness (QED) is 0.472. The van der Waals surface area contributed by atoms with E-state index in [1.807, 2.05) is 13.8 Å². The highest BCUT2D eigenvalue weighted by Gasteiger charge is 2.30. The molecule has 8 nitrogen and oxygen atoms in total. The molecule has 2 rings (SSSR count). The number of hydrogen-bond donors (Lipinski definition) is 1. The minimum atomic E-state index is -3.78. The molecule has 34 heavy (non-hydrogen) atoms. The number of sulfonamides is 1. The van der Waals surface area contributed by atoms with Crippen molar-refractivity contribution in [2.75, 3.05) is 30.3 Å². The lowest BCUT2D eigenvalue weighted by molar-refractivity contribution is -0.139. The lowest BCUT2D eigenvalue weighted by atomic mass is 10.1. The van der Waals surface area contributed by atoms with Crippen LogP contribution in [0.4, 0.5) is 5.69 Å². The van der Waals surface area contributed by atoms with Crippen molar-refractivity contribution in [1.82, 2.24) is 10.2 Å². The summed E-state index contributed by atoms with van der Waals surface area (Å²) in [7, 11) is -3.78. The molecule has 1 N–H and O–H groups in total. The summed E-state index contributed by atoms with van der Waals surface area (Å²) in [4.78, 5) is 27.5. The van der Waals surface area contributed by atoms with Crippen LogP contribution in [-0.2, 0) is 26.2 Å². The Balaban J connectivity index is 2.33. The highest BCUT2D eigenvalue weighted by atomic mass is 35.5. The van der Waals surface area contributed by atoms with E-state index in [2.05, 4.69) is 5.32 Å². The molecular weight excluding hydrogens is 478 g/mol. The smallest absolute Gasteiger partial charge is 0.244 e. The number of halogens is 1. The van der Waals surface area contributed by atoms with Crippen LogP contribution in [-0.4, -0.2) is 57.1 Å². The first-order chi connectivity index (χ1) is 16.1. The highest BCUT2D eigenvalue weighted by Crippen LogP contribution is 2.22. The van der Waals surface area contributed by atoms with E-state index in [1.165, 1.54) is 4.90 Å². The van der Waals surface area contributed by atoms with E-state index in [9.17, 15) is 18.0 Å². The molecule has 186 valence electrons. The summed E-state index contributed by atoms with van der Waals surface area (Å²) in [5, 5.41) is 3.35. The zero-order valence-electron chi connectivity index (χ0n) is 20.0. The summed E-state index contributed by atoms with van der Waals surface area (Å²) < 4.78 is 31.6. The van der Waals surface area contributed by atoms with Gasteiger partial charge in [0.2, 0.25) is 21.8 Å². The van der Waals surface area contributed by atoms with Crippen molar-refractivity contribution in [2.45, 2.75) is 39.8 Å². The Morgan fingerprint density at radius 3 is 2.21 bits per heavy atom. The molecule has 2 amide bonds. The van der Waals surface area contributed by atoms with Crippen LogP contribution in [0.25, 0.3) is 0 Å². The zero-order chi connectivity index (χ0) is 25.3. The van der Waals surface area contributed by atoms with Crippen molar-refractivity contribution < 1.29 is 22.7 Å². The van der Waals surface area contributed by atoms with Crippen LogP contribution in [0.15, 0.2) is 48.5 Å². The molecule has 2 aromatic carbocycles. The maximum Gasteiger partial charge on any atom is 0.244 e. The van der Waals surface area contributed by atoms with Crippen LogP contribution >= 0.6 is 11.6 Å². The summed E-state index contributed by atoms with van der Waals surface area (Å²) in [6.07, 6.45) is 1.79. The molecule has 0 aliphatic heterocycles. The van der Waals surface area contributed by atoms with Crippen molar-refractivity contribution in [3.05, 3.63) is 59.1 Å². The molecule has 0 radical (unpaired) electrons. The number of ether oxygens (including phenoxy) is 1. The van der Waals surface area contributed by atoms with Gasteiger partial charge < -0.3 is 15.0 Å². The molecule has 0 fully saturated rings. The van der Waals surface area contributed by atoms with Gasteiger partial charge in [-0.2, -0.15) is 0 Å². The number of benzene rings is 2. The molecule has 0 bridgehead atoms. The fourth-order valence-electron chi connectivity index (χ4n) is 3.25. The third-order valence-corrected chi connectivity index (χ3v) is 6.49. The number of nitrogens with one attached hydrogen (secondary N) is 1. The molecule has 0 aromatic heterocycles. The van der Waals surface area contributed by atoms with Crippen LogP contribution in [0.1, 0.15) is 32.8 Å². The fraction of sp³-hybridized carbons (Fsp3) is 0.417. The molecule has 2 aromatic rings. The summed E-state index contributed by atoms with van der Waals surface area (Å²) in [6.45, 7) is 6.04. The van der Waals surface area contributed by atoms with E-state index in [1.54, 1.807) is 55.5 Å². The predicted molar refractivity (Wildman–Crippen MR) is 135 cm³/mol. The van der Waals surface area contributed by atoms with Gasteiger partial charge in [-0.15, -0.1) is 0 Å². The summed E-state index contributed by atoms with van der Waals surface area (Å²) in [6, 6.07) is 12.6. The fourth-order valence-corrected chi connectivity index (χ4v) is 4.23. The lowest BCUT2D eigenvalue weighted by Crippen LogP contribution is -2.51. The molecule has 1 atom stereocenters. The van der Waals surface area contributed by atoms with Gasteiger partial charge in [-0.25, -0.2) is 8.42 Å². The van der Waals surface area contributed by atoms with E-state index in [4.69, 9.17) is 16.3 Å². The largest absolute Gasteiger partial charge is 0.494 e. The summed E-state index contributed by atoms with van der Waals surface area (Å²) in [5.74, 6) is -0.221. The van der Waals surface area contributed by atoms with Crippen molar-refractivity contribution in [2.24, 2.45) is 0 Å². The van der Waals surface area contributed by atoms with Crippen molar-refractivity contribution in [3.8, 4) is 5.75 Å². The third kappa shape index (κ3) is 7.92. The van der Waals surface area contributed by atoms with E-state index in [0.717, 1.165) is 22.5 Å². The molecule has 0 aliphatic rings. The number of amides is 2. The van der Waals surface area contributed by atoms with E-state index in [-0.39, 0.29) is 12.5 Å². The molecule has 0 unspecified atom stereocenters. The lowest BCUT2D eigenvalue weighted by Gasteiger charge is -2.31. The van der Waals surface area contributed by atoms with Gasteiger partial charge in [0.15, 0.2) is 0 Å². The standard InChI is InChI=1S/C24H32ClN3O5S/c1-5-15-26-24(30)18(3)27(16-19-7-9-20(25)10-8-19)23(29)17-28(34(4,31)32)21-11-13-22(14-12-21)33-6-2/h7-14,18H,5-6,15-17H2,1-4H3,(H,26,30)/t18-/m0/s1. The van der Waals surface area contributed by atoms with Gasteiger partial charge in [-0.05, 0) is 62.2 Å². The minimum absolute atomic E-state index is 0.123. The SMILES string of the molecule is CCCNC(=O)[C@H](C)N(Cc1ccc(Cl)cc1)C(=O)CN(c1ccc(OCC)cc1)S(C)(=O)=O. The Morgan fingerprint density at radius 1 is 1.06 bits per heavy atom. The Kier molecular flexibility index (Phi) is 10.2. The van der Waals surface area contributed by atoms with Crippen LogP contribution in [0.5, 0.6) is 5.75 Å². The first kappa shape index (κ1) is 27.5.